The average Bonchev–Trinajstić information content (AvgIpc) is 2.84. The fourth-order valence-electron chi connectivity index (χ4n) is 1.67. The van der Waals surface area contributed by atoms with E-state index in [1.54, 1.807) is 0 Å². The minimum atomic E-state index is -0.0714. The van der Waals surface area contributed by atoms with Crippen molar-refractivity contribution in [3.63, 3.8) is 0 Å². The van der Waals surface area contributed by atoms with Crippen LogP contribution in [0.25, 0.3) is 0 Å². The van der Waals surface area contributed by atoms with E-state index in [2.05, 4.69) is 20.9 Å². The van der Waals surface area contributed by atoms with Gasteiger partial charge in [-0.15, -0.1) is 11.3 Å². The quantitative estimate of drug-likeness (QED) is 0.217. The number of rotatable bonds is 8. The van der Waals surface area contributed by atoms with Gasteiger partial charge in [-0.1, -0.05) is 12.8 Å². The summed E-state index contributed by atoms with van der Waals surface area (Å²) in [6.45, 7) is 0.920. The minimum absolute atomic E-state index is 0.0714. The van der Waals surface area contributed by atoms with Crippen LogP contribution in [0.4, 0.5) is 5.13 Å². The van der Waals surface area contributed by atoms with E-state index in [4.69, 9.17) is 23.4 Å². The number of nitrogens with one attached hydrogen (secondary N) is 4. The number of hydrogen-bond donors (Lipinski definition) is 5. The molecule has 0 amide bonds. The average molecular weight is 314 g/mol. The molecule has 0 fully saturated rings. The predicted octanol–water partition coefficient (Wildman–Crippen LogP) is 1.65. The zero-order chi connectivity index (χ0) is 14.8. The van der Waals surface area contributed by atoms with Crippen LogP contribution in [-0.4, -0.2) is 29.6 Å². The van der Waals surface area contributed by atoms with Crippen LogP contribution in [0, 0.1) is 5.41 Å². The fourth-order valence-corrected chi connectivity index (χ4v) is 2.53. The van der Waals surface area contributed by atoms with Gasteiger partial charge in [-0.3, -0.25) is 5.41 Å². The smallest absolute Gasteiger partial charge is 0.192 e. The fraction of sp³-hybridized carbons (Fsp3) is 0.583. The third kappa shape index (κ3) is 7.25. The van der Waals surface area contributed by atoms with Crippen molar-refractivity contribution in [3.05, 3.63) is 11.1 Å². The molecular weight excluding hydrogens is 292 g/mol. The summed E-state index contributed by atoms with van der Waals surface area (Å²) in [5.74, 6) is -0.0714. The van der Waals surface area contributed by atoms with Gasteiger partial charge in [-0.25, -0.2) is 4.98 Å². The summed E-state index contributed by atoms with van der Waals surface area (Å²) in [6.07, 6.45) is 5.58. The maximum atomic E-state index is 7.13. The van der Waals surface area contributed by atoms with Crippen molar-refractivity contribution >= 4 is 39.8 Å². The molecule has 0 aliphatic carbocycles. The van der Waals surface area contributed by atoms with Gasteiger partial charge >= 0.3 is 0 Å². The lowest BCUT2D eigenvalue weighted by Gasteiger charge is -2.06. The van der Waals surface area contributed by atoms with Crippen LogP contribution in [0.2, 0.25) is 0 Å². The molecule has 1 rings (SSSR count). The number of nitrogens with zero attached hydrogens (tertiary/aromatic N) is 1. The van der Waals surface area contributed by atoms with Gasteiger partial charge in [0.15, 0.2) is 16.2 Å². The molecule has 6 N–H and O–H groups in total. The lowest BCUT2D eigenvalue weighted by Crippen LogP contribution is -2.32. The molecule has 112 valence electrons. The first-order chi connectivity index (χ1) is 9.61. The van der Waals surface area contributed by atoms with Crippen molar-refractivity contribution in [2.45, 2.75) is 32.1 Å². The summed E-state index contributed by atoms with van der Waals surface area (Å²) in [4.78, 5) is 4.37. The van der Waals surface area contributed by atoms with Crippen LogP contribution in [0.15, 0.2) is 5.38 Å². The van der Waals surface area contributed by atoms with Gasteiger partial charge in [0.25, 0.3) is 0 Å². The van der Waals surface area contributed by atoms with Gasteiger partial charge in [0.05, 0.1) is 5.69 Å². The largest absolute Gasteiger partial charge is 0.370 e. The number of thiazole rings is 1. The molecule has 0 aliphatic rings. The Hall–Kier alpha value is -1.41. The number of aromatic nitrogens is 1. The van der Waals surface area contributed by atoms with Crippen molar-refractivity contribution < 1.29 is 0 Å². The predicted molar refractivity (Wildman–Crippen MR) is 89.5 cm³/mol. The number of guanidine groups is 1. The topological polar surface area (TPSA) is 98.8 Å². The van der Waals surface area contributed by atoms with Crippen molar-refractivity contribution in [1.29, 1.82) is 5.41 Å². The van der Waals surface area contributed by atoms with Crippen LogP contribution in [-0.2, 0) is 6.42 Å². The molecule has 0 spiro atoms. The SMILES string of the molecule is CNC(=S)NCCCCCCc1csc(NC(=N)N)n1. The van der Waals surface area contributed by atoms with E-state index in [0.717, 1.165) is 31.5 Å². The highest BCUT2D eigenvalue weighted by Gasteiger charge is 2.02. The first-order valence-electron chi connectivity index (χ1n) is 6.63. The Morgan fingerprint density at radius 3 is 2.85 bits per heavy atom. The molecule has 0 radical (unpaired) electrons. The molecule has 8 heteroatoms. The maximum Gasteiger partial charge on any atom is 0.192 e. The number of unbranched alkanes of at least 4 members (excludes halogenated alkanes) is 3. The summed E-state index contributed by atoms with van der Waals surface area (Å²) in [6, 6.07) is 0. The molecule has 0 aliphatic heterocycles. The third-order valence-electron chi connectivity index (χ3n) is 2.67. The van der Waals surface area contributed by atoms with Gasteiger partial charge in [0, 0.05) is 19.0 Å². The molecule has 20 heavy (non-hydrogen) atoms. The van der Waals surface area contributed by atoms with Crippen molar-refractivity contribution in [1.82, 2.24) is 15.6 Å². The lowest BCUT2D eigenvalue weighted by molar-refractivity contribution is 0.627. The molecule has 1 heterocycles. The van der Waals surface area contributed by atoms with E-state index in [1.165, 1.54) is 24.2 Å². The highest BCUT2D eigenvalue weighted by Crippen LogP contribution is 2.17. The first-order valence-corrected chi connectivity index (χ1v) is 7.91. The zero-order valence-electron chi connectivity index (χ0n) is 11.7. The molecule has 0 atom stereocenters. The number of thiocarbonyl (C=S) groups is 1. The Kier molecular flexibility index (Phi) is 7.89. The van der Waals surface area contributed by atoms with Crippen molar-refractivity contribution in [2.24, 2.45) is 5.73 Å². The number of anilines is 1. The standard InChI is InChI=1S/C12H22N6S2/c1-15-11(19)16-7-5-3-2-4-6-9-8-20-12(17-9)18-10(13)14/h8H,2-7H2,1H3,(H2,15,16,19)(H4,13,14,17,18). The lowest BCUT2D eigenvalue weighted by atomic mass is 10.1. The molecule has 0 bridgehead atoms. The monoisotopic (exact) mass is 314 g/mol. The number of nitrogens with two attached hydrogens (primary N) is 1. The Balaban J connectivity index is 2.05. The van der Waals surface area contributed by atoms with E-state index < -0.39 is 0 Å². The summed E-state index contributed by atoms with van der Waals surface area (Å²) < 4.78 is 0. The number of aryl methyl sites for hydroxylation is 1. The summed E-state index contributed by atoms with van der Waals surface area (Å²) >= 11 is 6.47. The molecule has 6 nitrogen and oxygen atoms in total. The molecule has 1 aromatic rings. The van der Waals surface area contributed by atoms with Crippen LogP contribution < -0.4 is 21.7 Å². The maximum absolute atomic E-state index is 7.13. The van der Waals surface area contributed by atoms with E-state index in [1.807, 2.05) is 12.4 Å². The van der Waals surface area contributed by atoms with Crippen molar-refractivity contribution in [3.8, 4) is 0 Å². The minimum Gasteiger partial charge on any atom is -0.370 e. The van der Waals surface area contributed by atoms with Gasteiger partial charge in [0.1, 0.15) is 0 Å². The Morgan fingerprint density at radius 2 is 2.15 bits per heavy atom. The van der Waals surface area contributed by atoms with E-state index in [9.17, 15) is 0 Å². The molecule has 0 aromatic carbocycles. The molecule has 1 aromatic heterocycles. The van der Waals surface area contributed by atoms with E-state index >= 15 is 0 Å². The third-order valence-corrected chi connectivity index (χ3v) is 3.82. The van der Waals surface area contributed by atoms with Crippen LogP contribution in [0.1, 0.15) is 31.4 Å². The van der Waals surface area contributed by atoms with E-state index in [0.29, 0.717) is 10.2 Å². The van der Waals surface area contributed by atoms with Crippen molar-refractivity contribution in [2.75, 3.05) is 18.9 Å². The molecule has 0 saturated heterocycles. The molecular formula is C12H22N6S2. The van der Waals surface area contributed by atoms with Gasteiger partial charge < -0.3 is 21.7 Å². The van der Waals surface area contributed by atoms with Gasteiger partial charge in [-0.2, -0.15) is 0 Å². The van der Waals surface area contributed by atoms with E-state index in [-0.39, 0.29) is 5.96 Å². The summed E-state index contributed by atoms with van der Waals surface area (Å²) in [5, 5.41) is 19.3. The normalized spacial score (nSPS) is 10.1. The zero-order valence-corrected chi connectivity index (χ0v) is 13.3. The highest BCUT2D eigenvalue weighted by atomic mass is 32.1. The van der Waals surface area contributed by atoms with Crippen LogP contribution in [0.3, 0.4) is 0 Å². The highest BCUT2D eigenvalue weighted by molar-refractivity contribution is 7.80. The molecule has 0 unspecified atom stereocenters. The molecule has 0 saturated carbocycles. The van der Waals surface area contributed by atoms with Crippen LogP contribution in [0.5, 0.6) is 0 Å². The Labute approximate surface area is 129 Å². The second kappa shape index (κ2) is 9.49. The van der Waals surface area contributed by atoms with Crippen LogP contribution >= 0.6 is 23.6 Å². The van der Waals surface area contributed by atoms with Gasteiger partial charge in [0.2, 0.25) is 0 Å². The Morgan fingerprint density at radius 1 is 1.40 bits per heavy atom. The summed E-state index contributed by atoms with van der Waals surface area (Å²) in [7, 11) is 1.82. The Bertz CT molecular complexity index is 431. The first kappa shape index (κ1) is 16.6. The number of hydrogen-bond acceptors (Lipinski definition) is 4. The summed E-state index contributed by atoms with van der Waals surface area (Å²) in [5.41, 5.74) is 6.32. The second-order valence-corrected chi connectivity index (χ2v) is 5.62. The second-order valence-electron chi connectivity index (χ2n) is 4.35. The van der Waals surface area contributed by atoms with Gasteiger partial charge in [-0.05, 0) is 31.5 Å².